The van der Waals surface area contributed by atoms with Gasteiger partial charge in [-0.1, -0.05) is 6.92 Å². The lowest BCUT2D eigenvalue weighted by Gasteiger charge is -2.15. The molecule has 1 aromatic carbocycles. The second-order valence-electron chi connectivity index (χ2n) is 4.76. The first-order valence-electron chi connectivity index (χ1n) is 5.85. The van der Waals surface area contributed by atoms with Crippen LogP contribution in [-0.4, -0.2) is 17.1 Å². The number of anilines is 1. The largest absolute Gasteiger partial charge is 0.478 e. The molecule has 17 heavy (non-hydrogen) atoms. The minimum absolute atomic E-state index is 0.308. The Morgan fingerprint density at radius 2 is 2.24 bits per heavy atom. The highest BCUT2D eigenvalue weighted by molar-refractivity contribution is 9.10. The molecular formula is C13H16BrNO2. The zero-order chi connectivity index (χ0) is 12.4. The number of halogens is 1. The Morgan fingerprint density at radius 1 is 1.47 bits per heavy atom. The quantitative estimate of drug-likeness (QED) is 0.893. The highest BCUT2D eigenvalue weighted by atomic mass is 79.9. The van der Waals surface area contributed by atoms with Crippen LogP contribution in [0.3, 0.4) is 0 Å². The first-order chi connectivity index (χ1) is 8.06. The van der Waals surface area contributed by atoms with Gasteiger partial charge in [-0.05, 0) is 59.3 Å². The van der Waals surface area contributed by atoms with Crippen LogP contribution in [0.5, 0.6) is 0 Å². The van der Waals surface area contributed by atoms with Gasteiger partial charge in [0.15, 0.2) is 0 Å². The monoisotopic (exact) mass is 297 g/mol. The standard InChI is InChI=1S/C13H16BrNO2/c1-8-2-4-10(6-8)15-12-5-3-9(13(16)17)7-11(12)14/h3,5,7-8,10,15H,2,4,6H2,1H3,(H,16,17). The lowest BCUT2D eigenvalue weighted by molar-refractivity contribution is 0.0697. The number of carbonyl (C=O) groups is 1. The lowest BCUT2D eigenvalue weighted by atomic mass is 10.1. The van der Waals surface area contributed by atoms with Crippen molar-refractivity contribution >= 4 is 27.6 Å². The molecule has 4 heteroatoms. The molecule has 2 N–H and O–H groups in total. The number of benzene rings is 1. The first-order valence-corrected chi connectivity index (χ1v) is 6.65. The van der Waals surface area contributed by atoms with Gasteiger partial charge in [-0.25, -0.2) is 4.79 Å². The zero-order valence-corrected chi connectivity index (χ0v) is 11.3. The third-order valence-electron chi connectivity index (χ3n) is 3.27. The van der Waals surface area contributed by atoms with E-state index in [4.69, 9.17) is 5.11 Å². The number of hydrogen-bond donors (Lipinski definition) is 2. The molecule has 0 spiro atoms. The number of rotatable bonds is 3. The minimum Gasteiger partial charge on any atom is -0.478 e. The van der Waals surface area contributed by atoms with Gasteiger partial charge in [-0.2, -0.15) is 0 Å². The van der Waals surface area contributed by atoms with E-state index in [1.54, 1.807) is 12.1 Å². The fourth-order valence-corrected chi connectivity index (χ4v) is 2.82. The maximum absolute atomic E-state index is 10.8. The van der Waals surface area contributed by atoms with Crippen LogP contribution in [0.25, 0.3) is 0 Å². The van der Waals surface area contributed by atoms with Crippen LogP contribution in [-0.2, 0) is 0 Å². The van der Waals surface area contributed by atoms with Crippen LogP contribution < -0.4 is 5.32 Å². The molecule has 0 heterocycles. The molecule has 3 nitrogen and oxygen atoms in total. The van der Waals surface area contributed by atoms with Crippen LogP contribution >= 0.6 is 15.9 Å². The van der Waals surface area contributed by atoms with E-state index in [9.17, 15) is 4.79 Å². The SMILES string of the molecule is CC1CCC(Nc2ccc(C(=O)O)cc2Br)C1. The normalized spacial score (nSPS) is 23.6. The van der Waals surface area contributed by atoms with Gasteiger partial charge in [0, 0.05) is 16.2 Å². The molecule has 0 amide bonds. The maximum Gasteiger partial charge on any atom is 0.335 e. The Balaban J connectivity index is 2.09. The van der Waals surface area contributed by atoms with Gasteiger partial charge in [-0.15, -0.1) is 0 Å². The molecule has 1 aromatic rings. The van der Waals surface area contributed by atoms with Crippen molar-refractivity contribution in [3.63, 3.8) is 0 Å². The highest BCUT2D eigenvalue weighted by Gasteiger charge is 2.21. The van der Waals surface area contributed by atoms with E-state index >= 15 is 0 Å². The fraction of sp³-hybridized carbons (Fsp3) is 0.462. The van der Waals surface area contributed by atoms with Crippen LogP contribution in [0.1, 0.15) is 36.5 Å². The molecule has 0 bridgehead atoms. The molecule has 2 unspecified atom stereocenters. The van der Waals surface area contributed by atoms with Gasteiger partial charge < -0.3 is 10.4 Å². The molecule has 0 radical (unpaired) electrons. The van der Waals surface area contributed by atoms with Crippen molar-refractivity contribution in [3.8, 4) is 0 Å². The van der Waals surface area contributed by atoms with Gasteiger partial charge >= 0.3 is 5.97 Å². The van der Waals surface area contributed by atoms with Crippen LogP contribution in [0, 0.1) is 5.92 Å². The molecule has 1 aliphatic carbocycles. The lowest BCUT2D eigenvalue weighted by Crippen LogP contribution is -2.15. The number of aromatic carboxylic acids is 1. The van der Waals surface area contributed by atoms with E-state index in [2.05, 4.69) is 28.2 Å². The summed E-state index contributed by atoms with van der Waals surface area (Å²) in [5, 5.41) is 12.3. The summed E-state index contributed by atoms with van der Waals surface area (Å²) in [5.41, 5.74) is 1.29. The topological polar surface area (TPSA) is 49.3 Å². The molecule has 1 aliphatic rings. The van der Waals surface area contributed by atoms with E-state index in [1.807, 2.05) is 6.07 Å². The smallest absolute Gasteiger partial charge is 0.335 e. The zero-order valence-electron chi connectivity index (χ0n) is 9.74. The highest BCUT2D eigenvalue weighted by Crippen LogP contribution is 2.30. The number of hydrogen-bond acceptors (Lipinski definition) is 2. The van der Waals surface area contributed by atoms with Crippen molar-refractivity contribution in [1.82, 2.24) is 0 Å². The van der Waals surface area contributed by atoms with Crippen molar-refractivity contribution in [3.05, 3.63) is 28.2 Å². The summed E-state index contributed by atoms with van der Waals surface area (Å²) < 4.78 is 0.817. The Bertz CT molecular complexity index is 433. The minimum atomic E-state index is -0.897. The van der Waals surface area contributed by atoms with Crippen LogP contribution in [0.4, 0.5) is 5.69 Å². The second kappa shape index (κ2) is 5.08. The van der Waals surface area contributed by atoms with E-state index in [0.29, 0.717) is 11.6 Å². The van der Waals surface area contributed by atoms with E-state index in [-0.39, 0.29) is 0 Å². The first kappa shape index (κ1) is 12.4. The Labute approximate surface area is 109 Å². The Morgan fingerprint density at radius 3 is 2.76 bits per heavy atom. The van der Waals surface area contributed by atoms with Gasteiger partial charge in [-0.3, -0.25) is 0 Å². The molecule has 1 fully saturated rings. The molecule has 2 rings (SSSR count). The van der Waals surface area contributed by atoms with Crippen LogP contribution in [0.15, 0.2) is 22.7 Å². The summed E-state index contributed by atoms with van der Waals surface area (Å²) in [6.45, 7) is 2.27. The number of nitrogens with one attached hydrogen (secondary N) is 1. The summed E-state index contributed by atoms with van der Waals surface area (Å²) in [5.74, 6) is -0.115. The molecule has 1 saturated carbocycles. The predicted molar refractivity (Wildman–Crippen MR) is 71.5 cm³/mol. The molecule has 2 atom stereocenters. The third kappa shape index (κ3) is 3.00. The fourth-order valence-electron chi connectivity index (χ4n) is 2.32. The summed E-state index contributed by atoms with van der Waals surface area (Å²) in [6, 6.07) is 5.62. The third-order valence-corrected chi connectivity index (χ3v) is 3.93. The number of carboxylic acids is 1. The van der Waals surface area contributed by atoms with Crippen molar-refractivity contribution in [2.75, 3.05) is 5.32 Å². The molecular weight excluding hydrogens is 282 g/mol. The van der Waals surface area contributed by atoms with Gasteiger partial charge in [0.05, 0.1) is 5.56 Å². The van der Waals surface area contributed by atoms with Crippen molar-refractivity contribution in [2.45, 2.75) is 32.2 Å². The summed E-state index contributed by atoms with van der Waals surface area (Å²) in [6.07, 6.45) is 3.64. The number of carboxylic acid groups (broad SMARTS) is 1. The van der Waals surface area contributed by atoms with Crippen LogP contribution in [0.2, 0.25) is 0 Å². The average molecular weight is 298 g/mol. The van der Waals surface area contributed by atoms with Crippen molar-refractivity contribution < 1.29 is 9.90 Å². The van der Waals surface area contributed by atoms with Crippen molar-refractivity contribution in [1.29, 1.82) is 0 Å². The van der Waals surface area contributed by atoms with Gasteiger partial charge in [0.2, 0.25) is 0 Å². The summed E-state index contributed by atoms with van der Waals surface area (Å²) in [7, 11) is 0. The predicted octanol–water partition coefficient (Wildman–Crippen LogP) is 3.75. The Hall–Kier alpha value is -1.03. The van der Waals surface area contributed by atoms with Gasteiger partial charge in [0.25, 0.3) is 0 Å². The average Bonchev–Trinajstić information content (AvgIpc) is 2.67. The summed E-state index contributed by atoms with van der Waals surface area (Å²) in [4.78, 5) is 10.8. The van der Waals surface area contributed by atoms with E-state index < -0.39 is 5.97 Å². The van der Waals surface area contributed by atoms with E-state index in [1.165, 1.54) is 19.3 Å². The molecule has 92 valence electrons. The van der Waals surface area contributed by atoms with E-state index in [0.717, 1.165) is 16.1 Å². The molecule has 0 aromatic heterocycles. The second-order valence-corrected chi connectivity index (χ2v) is 5.61. The van der Waals surface area contributed by atoms with Crippen molar-refractivity contribution in [2.24, 2.45) is 5.92 Å². The molecule has 0 aliphatic heterocycles. The maximum atomic E-state index is 10.8. The summed E-state index contributed by atoms with van der Waals surface area (Å²) >= 11 is 3.41. The molecule has 0 saturated heterocycles. The van der Waals surface area contributed by atoms with Gasteiger partial charge in [0.1, 0.15) is 0 Å². The Kier molecular flexibility index (Phi) is 3.72.